The Kier molecular flexibility index (Phi) is 4.23. The largest absolute Gasteiger partial charge is 0.340 e. The van der Waals surface area contributed by atoms with Crippen LogP contribution in [-0.4, -0.2) is 28.3 Å². The van der Waals surface area contributed by atoms with Crippen molar-refractivity contribution in [1.82, 2.24) is 10.2 Å². The van der Waals surface area contributed by atoms with Gasteiger partial charge in [0.2, 0.25) is 11.8 Å². The summed E-state index contributed by atoms with van der Waals surface area (Å²) in [6.07, 6.45) is 0. The number of amides is 2. The summed E-state index contributed by atoms with van der Waals surface area (Å²) >= 11 is 5.02. The summed E-state index contributed by atoms with van der Waals surface area (Å²) in [5, 5.41) is 4.83. The first kappa shape index (κ1) is 16.5. The number of thiophene rings is 1. The molecule has 4 nitrogen and oxygen atoms in total. The average molecular weight is 373 g/mol. The smallest absolute Gasteiger partial charge is 0.248 e. The van der Waals surface area contributed by atoms with E-state index >= 15 is 0 Å². The van der Waals surface area contributed by atoms with Crippen LogP contribution in [0.15, 0.2) is 15.9 Å². The molecule has 1 saturated heterocycles. The number of carbonyl (C=O) groups excluding carboxylic acids is 2. The molecule has 0 bridgehead atoms. The second-order valence-electron chi connectivity index (χ2n) is 7.05. The van der Waals surface area contributed by atoms with Crippen LogP contribution >= 0.6 is 27.3 Å². The molecule has 6 heteroatoms. The Labute approximate surface area is 138 Å². The summed E-state index contributed by atoms with van der Waals surface area (Å²) in [4.78, 5) is 28.0. The number of rotatable bonds is 2. The minimum atomic E-state index is -0.854. The number of halogens is 1. The van der Waals surface area contributed by atoms with Crippen LogP contribution in [-0.2, 0) is 16.1 Å². The molecule has 2 amide bonds. The van der Waals surface area contributed by atoms with Crippen LogP contribution in [0.4, 0.5) is 0 Å². The summed E-state index contributed by atoms with van der Waals surface area (Å²) in [5.74, 6) is -0.116. The summed E-state index contributed by atoms with van der Waals surface area (Å²) < 4.78 is 1.00. The normalized spacial score (nSPS) is 22.4. The molecule has 0 radical (unpaired) electrons. The van der Waals surface area contributed by atoms with Crippen molar-refractivity contribution >= 4 is 39.1 Å². The third kappa shape index (κ3) is 3.31. The molecule has 2 heterocycles. The maximum Gasteiger partial charge on any atom is 0.248 e. The molecule has 0 saturated carbocycles. The fourth-order valence-corrected chi connectivity index (χ4v) is 4.12. The first-order chi connectivity index (χ1) is 9.52. The van der Waals surface area contributed by atoms with Crippen molar-refractivity contribution in [2.24, 2.45) is 5.41 Å². The second-order valence-corrected chi connectivity index (χ2v) is 8.96. The van der Waals surface area contributed by atoms with Gasteiger partial charge < -0.3 is 10.2 Å². The number of carbonyl (C=O) groups is 2. The van der Waals surface area contributed by atoms with Crippen molar-refractivity contribution in [3.63, 3.8) is 0 Å². The van der Waals surface area contributed by atoms with Crippen LogP contribution in [0, 0.1) is 5.41 Å². The molecule has 1 aromatic heterocycles. The Morgan fingerprint density at radius 2 is 2.00 bits per heavy atom. The third-order valence-corrected chi connectivity index (χ3v) is 5.24. The van der Waals surface area contributed by atoms with Crippen molar-refractivity contribution in [2.45, 2.75) is 52.7 Å². The van der Waals surface area contributed by atoms with Gasteiger partial charge in [0.05, 0.1) is 6.54 Å². The Morgan fingerprint density at radius 3 is 2.48 bits per heavy atom. The number of nitrogens with zero attached hydrogens (tertiary/aromatic N) is 1. The third-order valence-electron chi connectivity index (χ3n) is 3.56. The van der Waals surface area contributed by atoms with Gasteiger partial charge in [-0.2, -0.15) is 0 Å². The minimum Gasteiger partial charge on any atom is -0.340 e. The highest BCUT2D eigenvalue weighted by Crippen LogP contribution is 2.33. The average Bonchev–Trinajstić information content (AvgIpc) is 2.69. The summed E-state index contributed by atoms with van der Waals surface area (Å²) in [7, 11) is 0. The maximum absolute atomic E-state index is 12.8. The van der Waals surface area contributed by atoms with Crippen LogP contribution in [0.5, 0.6) is 0 Å². The molecule has 1 N–H and O–H groups in total. The van der Waals surface area contributed by atoms with Gasteiger partial charge in [0.1, 0.15) is 11.6 Å². The van der Waals surface area contributed by atoms with Crippen LogP contribution in [0.1, 0.15) is 39.5 Å². The number of piperazine rings is 1. The van der Waals surface area contributed by atoms with Gasteiger partial charge in [-0.15, -0.1) is 11.3 Å². The molecule has 2 rings (SSSR count). The number of hydrogen-bond acceptors (Lipinski definition) is 3. The van der Waals surface area contributed by atoms with Crippen molar-refractivity contribution in [3.05, 3.63) is 20.8 Å². The zero-order valence-electron chi connectivity index (χ0n) is 13.0. The molecule has 1 unspecified atom stereocenters. The fourth-order valence-electron chi connectivity index (χ4n) is 2.68. The van der Waals surface area contributed by atoms with Crippen LogP contribution in [0.25, 0.3) is 0 Å². The number of nitrogens with one attached hydrogen (secondary N) is 1. The summed E-state index contributed by atoms with van der Waals surface area (Å²) in [6, 6.07) is 1.54. The van der Waals surface area contributed by atoms with Crippen LogP contribution in [0.2, 0.25) is 0 Å². The summed E-state index contributed by atoms with van der Waals surface area (Å²) in [6.45, 7) is 9.93. The molecule has 0 aromatic carbocycles. The molecule has 1 fully saturated rings. The SMILES string of the molecule is CC1(C)NC(=O)C(C(C)(C)C)N(Cc2cc(Br)cs2)C1=O. The zero-order chi connectivity index (χ0) is 16.0. The molecule has 1 atom stereocenters. The monoisotopic (exact) mass is 372 g/mol. The predicted octanol–water partition coefficient (Wildman–Crippen LogP) is 3.16. The predicted molar refractivity (Wildman–Crippen MR) is 88.0 cm³/mol. The maximum atomic E-state index is 12.8. The molecule has 1 aliphatic heterocycles. The lowest BCUT2D eigenvalue weighted by atomic mass is 9.81. The van der Waals surface area contributed by atoms with E-state index in [0.29, 0.717) is 6.54 Å². The zero-order valence-corrected chi connectivity index (χ0v) is 15.4. The topological polar surface area (TPSA) is 49.4 Å². The molecule has 116 valence electrons. The van der Waals surface area contributed by atoms with E-state index in [-0.39, 0.29) is 17.2 Å². The molecule has 1 aromatic rings. The summed E-state index contributed by atoms with van der Waals surface area (Å²) in [5.41, 5.74) is -1.17. The van der Waals surface area contributed by atoms with Gasteiger partial charge in [-0.25, -0.2) is 0 Å². The molecule has 0 aliphatic carbocycles. The lowest BCUT2D eigenvalue weighted by Gasteiger charge is -2.47. The lowest BCUT2D eigenvalue weighted by molar-refractivity contribution is -0.158. The highest BCUT2D eigenvalue weighted by Gasteiger charge is 2.49. The van der Waals surface area contributed by atoms with E-state index in [0.717, 1.165) is 9.35 Å². The van der Waals surface area contributed by atoms with E-state index < -0.39 is 11.6 Å². The fraction of sp³-hybridized carbons (Fsp3) is 0.600. The lowest BCUT2D eigenvalue weighted by Crippen LogP contribution is -2.70. The van der Waals surface area contributed by atoms with Gasteiger partial charge in [0.25, 0.3) is 0 Å². The van der Waals surface area contributed by atoms with E-state index in [1.165, 1.54) is 0 Å². The van der Waals surface area contributed by atoms with E-state index in [4.69, 9.17) is 0 Å². The molecule has 1 aliphatic rings. The first-order valence-corrected chi connectivity index (χ1v) is 8.55. The van der Waals surface area contributed by atoms with Gasteiger partial charge in [-0.1, -0.05) is 20.8 Å². The van der Waals surface area contributed by atoms with Gasteiger partial charge in [-0.05, 0) is 41.3 Å². The van der Waals surface area contributed by atoms with Gasteiger partial charge in [0.15, 0.2) is 0 Å². The second kappa shape index (κ2) is 5.39. The van der Waals surface area contributed by atoms with Crippen molar-refractivity contribution in [3.8, 4) is 0 Å². The molecule has 21 heavy (non-hydrogen) atoms. The van der Waals surface area contributed by atoms with Gasteiger partial charge in [0, 0.05) is 14.7 Å². The highest BCUT2D eigenvalue weighted by molar-refractivity contribution is 9.10. The van der Waals surface area contributed by atoms with E-state index in [1.54, 1.807) is 30.1 Å². The first-order valence-electron chi connectivity index (χ1n) is 6.88. The molecular weight excluding hydrogens is 352 g/mol. The van der Waals surface area contributed by atoms with E-state index in [1.807, 2.05) is 32.2 Å². The van der Waals surface area contributed by atoms with E-state index in [9.17, 15) is 9.59 Å². The van der Waals surface area contributed by atoms with Gasteiger partial charge in [-0.3, -0.25) is 9.59 Å². The Bertz CT molecular complexity index is 574. The van der Waals surface area contributed by atoms with Crippen LogP contribution < -0.4 is 5.32 Å². The van der Waals surface area contributed by atoms with Crippen molar-refractivity contribution in [2.75, 3.05) is 0 Å². The van der Waals surface area contributed by atoms with Crippen molar-refractivity contribution < 1.29 is 9.59 Å². The van der Waals surface area contributed by atoms with E-state index in [2.05, 4.69) is 21.2 Å². The number of hydrogen-bond donors (Lipinski definition) is 1. The Morgan fingerprint density at radius 1 is 1.38 bits per heavy atom. The Hall–Kier alpha value is -0.880. The molecular formula is C15H21BrN2O2S. The minimum absolute atomic E-state index is 0.0356. The molecule has 0 spiro atoms. The standard InChI is InChI=1S/C15H21BrN2O2S/c1-14(2,3)11-12(19)17-15(4,5)13(20)18(11)7-10-6-9(16)8-21-10/h6,8,11H,7H2,1-5H3,(H,17,19). The van der Waals surface area contributed by atoms with Crippen molar-refractivity contribution in [1.29, 1.82) is 0 Å². The quantitative estimate of drug-likeness (QED) is 0.866. The van der Waals surface area contributed by atoms with Crippen LogP contribution in [0.3, 0.4) is 0 Å². The Balaban J connectivity index is 2.38. The highest BCUT2D eigenvalue weighted by atomic mass is 79.9. The van der Waals surface area contributed by atoms with Gasteiger partial charge >= 0.3 is 0 Å².